The molecule has 0 radical (unpaired) electrons. The summed E-state index contributed by atoms with van der Waals surface area (Å²) in [6.45, 7) is 3.11. The van der Waals surface area contributed by atoms with Crippen LogP contribution in [0.2, 0.25) is 0 Å². The number of nitrogens with two attached hydrogens (primary N) is 1. The zero-order chi connectivity index (χ0) is 16.8. The highest BCUT2D eigenvalue weighted by atomic mass is 16.6. The Morgan fingerprint density at radius 1 is 1.35 bits per heavy atom. The molecule has 2 rings (SSSR count). The normalized spacial score (nSPS) is 10.7. The lowest BCUT2D eigenvalue weighted by atomic mass is 10.1. The van der Waals surface area contributed by atoms with E-state index in [-0.39, 0.29) is 17.2 Å². The van der Waals surface area contributed by atoms with Crippen molar-refractivity contribution in [2.75, 3.05) is 12.3 Å². The van der Waals surface area contributed by atoms with Crippen molar-refractivity contribution in [1.29, 1.82) is 0 Å². The highest BCUT2D eigenvalue weighted by Gasteiger charge is 2.07. The molecule has 0 bridgehead atoms. The number of nitrogen functional groups attached to an aromatic ring is 1. The molecule has 1 aromatic heterocycles. The van der Waals surface area contributed by atoms with Gasteiger partial charge in [0.15, 0.2) is 0 Å². The predicted octanol–water partition coefficient (Wildman–Crippen LogP) is 1.29. The average molecular weight is 317 g/mol. The quantitative estimate of drug-likeness (QED) is 0.401. The van der Waals surface area contributed by atoms with Gasteiger partial charge in [-0.05, 0) is 31.9 Å². The summed E-state index contributed by atoms with van der Waals surface area (Å²) in [4.78, 5) is 28.5. The van der Waals surface area contributed by atoms with Gasteiger partial charge in [0.25, 0.3) is 11.2 Å². The molecule has 2 aromatic rings. The topological polar surface area (TPSA) is 127 Å². The highest BCUT2D eigenvalue weighted by molar-refractivity contribution is 5.32. The number of benzene rings is 1. The minimum absolute atomic E-state index is 0.0827. The summed E-state index contributed by atoms with van der Waals surface area (Å²) in [5.74, 6) is 0.132. The van der Waals surface area contributed by atoms with Crippen LogP contribution < -0.4 is 16.6 Å². The molecule has 8 heteroatoms. The molecule has 0 fully saturated rings. The van der Waals surface area contributed by atoms with E-state index in [1.54, 1.807) is 19.1 Å². The third kappa shape index (κ3) is 4.62. The molecule has 8 nitrogen and oxygen atoms in total. The van der Waals surface area contributed by atoms with E-state index in [0.717, 1.165) is 18.5 Å². The van der Waals surface area contributed by atoms with Gasteiger partial charge in [-0.25, -0.2) is 4.98 Å². The number of non-ortho nitro benzene ring substituents is 1. The van der Waals surface area contributed by atoms with Crippen molar-refractivity contribution >= 4 is 11.6 Å². The second-order valence-electron chi connectivity index (χ2n) is 5.22. The van der Waals surface area contributed by atoms with E-state index in [2.05, 4.69) is 15.3 Å². The number of hydrogen-bond donors (Lipinski definition) is 3. The van der Waals surface area contributed by atoms with Crippen LogP contribution in [-0.2, 0) is 13.0 Å². The fourth-order valence-electron chi connectivity index (χ4n) is 2.29. The standard InChI is InChI=1S/C15H19N5O3/c1-10-13(14(21)19-15(16)18-10)3-2-8-17-9-11-4-6-12(7-5-11)20(22)23/h4-7,17H,2-3,8-9H2,1H3,(H3,16,18,19,21). The van der Waals surface area contributed by atoms with Crippen molar-refractivity contribution in [3.63, 3.8) is 0 Å². The Morgan fingerprint density at radius 2 is 2.04 bits per heavy atom. The smallest absolute Gasteiger partial charge is 0.269 e. The van der Waals surface area contributed by atoms with Crippen LogP contribution in [-0.4, -0.2) is 21.4 Å². The lowest BCUT2D eigenvalue weighted by Crippen LogP contribution is -2.21. The number of nitro benzene ring substituents is 1. The van der Waals surface area contributed by atoms with E-state index >= 15 is 0 Å². The minimum Gasteiger partial charge on any atom is -0.369 e. The molecule has 0 saturated carbocycles. The molecule has 4 N–H and O–H groups in total. The van der Waals surface area contributed by atoms with E-state index in [1.807, 2.05) is 0 Å². The number of nitrogens with zero attached hydrogens (tertiary/aromatic N) is 2. The van der Waals surface area contributed by atoms with Crippen molar-refractivity contribution in [2.24, 2.45) is 0 Å². The molecule has 122 valence electrons. The number of H-pyrrole nitrogens is 1. The molecule has 0 aliphatic rings. The maximum absolute atomic E-state index is 11.8. The molecule has 0 saturated heterocycles. The number of nitrogens with one attached hydrogen (secondary N) is 2. The van der Waals surface area contributed by atoms with Crippen LogP contribution in [0.25, 0.3) is 0 Å². The first-order valence-corrected chi connectivity index (χ1v) is 7.26. The van der Waals surface area contributed by atoms with Gasteiger partial charge >= 0.3 is 0 Å². The highest BCUT2D eigenvalue weighted by Crippen LogP contribution is 2.11. The van der Waals surface area contributed by atoms with Crippen molar-refractivity contribution in [2.45, 2.75) is 26.3 Å². The van der Waals surface area contributed by atoms with Crippen molar-refractivity contribution in [3.05, 3.63) is 61.6 Å². The zero-order valence-electron chi connectivity index (χ0n) is 12.8. The van der Waals surface area contributed by atoms with Gasteiger partial charge in [0.1, 0.15) is 0 Å². The first-order chi connectivity index (χ1) is 11.0. The molecule has 0 unspecified atom stereocenters. The molecule has 0 aliphatic carbocycles. The number of aromatic nitrogens is 2. The van der Waals surface area contributed by atoms with Gasteiger partial charge in [0.05, 0.1) is 4.92 Å². The monoisotopic (exact) mass is 317 g/mol. The molecule has 0 spiro atoms. The molecule has 1 aromatic carbocycles. The second kappa shape index (κ2) is 7.50. The van der Waals surface area contributed by atoms with Crippen molar-refractivity contribution in [3.8, 4) is 0 Å². The SMILES string of the molecule is Cc1nc(N)[nH]c(=O)c1CCCNCc1ccc([N+](=O)[O-])cc1. The van der Waals surface area contributed by atoms with Crippen LogP contribution in [0.5, 0.6) is 0 Å². The zero-order valence-corrected chi connectivity index (χ0v) is 12.8. The number of aryl methyl sites for hydroxylation is 1. The average Bonchev–Trinajstić information content (AvgIpc) is 2.49. The van der Waals surface area contributed by atoms with Gasteiger partial charge in [0, 0.05) is 29.9 Å². The Kier molecular flexibility index (Phi) is 5.42. The Bertz CT molecular complexity index is 740. The first kappa shape index (κ1) is 16.6. The Labute approximate surface area is 132 Å². The van der Waals surface area contributed by atoms with E-state index < -0.39 is 4.92 Å². The van der Waals surface area contributed by atoms with Crippen LogP contribution in [0, 0.1) is 17.0 Å². The summed E-state index contributed by atoms with van der Waals surface area (Å²) in [5.41, 5.74) is 7.65. The van der Waals surface area contributed by atoms with E-state index in [9.17, 15) is 14.9 Å². The molecule has 0 atom stereocenters. The van der Waals surface area contributed by atoms with Crippen LogP contribution in [0.1, 0.15) is 23.2 Å². The number of aromatic amines is 1. The molecular formula is C15H19N5O3. The van der Waals surface area contributed by atoms with Crippen molar-refractivity contribution < 1.29 is 4.92 Å². The third-order valence-corrected chi connectivity index (χ3v) is 3.50. The lowest BCUT2D eigenvalue weighted by Gasteiger charge is -2.07. The molecule has 1 heterocycles. The van der Waals surface area contributed by atoms with Crippen molar-refractivity contribution in [1.82, 2.24) is 15.3 Å². The van der Waals surface area contributed by atoms with Crippen LogP contribution in [0.15, 0.2) is 29.1 Å². The molecule has 0 amide bonds. The summed E-state index contributed by atoms with van der Waals surface area (Å²) < 4.78 is 0. The largest absolute Gasteiger partial charge is 0.369 e. The first-order valence-electron chi connectivity index (χ1n) is 7.26. The van der Waals surface area contributed by atoms with Gasteiger partial charge in [0.2, 0.25) is 5.95 Å². The maximum Gasteiger partial charge on any atom is 0.269 e. The number of anilines is 1. The summed E-state index contributed by atoms with van der Waals surface area (Å²) in [6.07, 6.45) is 1.39. The summed E-state index contributed by atoms with van der Waals surface area (Å²) in [5, 5.41) is 13.8. The lowest BCUT2D eigenvalue weighted by molar-refractivity contribution is -0.384. The van der Waals surface area contributed by atoms with E-state index in [4.69, 9.17) is 5.73 Å². The Morgan fingerprint density at radius 3 is 2.65 bits per heavy atom. The van der Waals surface area contributed by atoms with E-state index in [1.165, 1.54) is 12.1 Å². The number of nitro groups is 1. The summed E-state index contributed by atoms with van der Waals surface area (Å²) in [6, 6.07) is 6.42. The number of rotatable bonds is 7. The summed E-state index contributed by atoms with van der Waals surface area (Å²) >= 11 is 0. The van der Waals surface area contributed by atoms with Crippen LogP contribution >= 0.6 is 0 Å². The van der Waals surface area contributed by atoms with E-state index in [0.29, 0.717) is 24.2 Å². The third-order valence-electron chi connectivity index (χ3n) is 3.50. The molecule has 23 heavy (non-hydrogen) atoms. The summed E-state index contributed by atoms with van der Waals surface area (Å²) in [7, 11) is 0. The van der Waals surface area contributed by atoms with Gasteiger partial charge in [-0.3, -0.25) is 19.9 Å². The predicted molar refractivity (Wildman–Crippen MR) is 87.1 cm³/mol. The van der Waals surface area contributed by atoms with Gasteiger partial charge in [-0.2, -0.15) is 0 Å². The van der Waals surface area contributed by atoms with Gasteiger partial charge in [-0.1, -0.05) is 12.1 Å². The fourth-order valence-corrected chi connectivity index (χ4v) is 2.29. The van der Waals surface area contributed by atoms with Crippen LogP contribution in [0.3, 0.4) is 0 Å². The number of hydrogen-bond acceptors (Lipinski definition) is 6. The molecule has 0 aliphatic heterocycles. The maximum atomic E-state index is 11.8. The molecular weight excluding hydrogens is 298 g/mol. The van der Waals surface area contributed by atoms with Gasteiger partial charge < -0.3 is 11.1 Å². The minimum atomic E-state index is -0.419. The Balaban J connectivity index is 1.78. The van der Waals surface area contributed by atoms with Crippen LogP contribution in [0.4, 0.5) is 11.6 Å². The fraction of sp³-hybridized carbons (Fsp3) is 0.333. The van der Waals surface area contributed by atoms with Gasteiger partial charge in [-0.15, -0.1) is 0 Å². The Hall–Kier alpha value is -2.74. The second-order valence-corrected chi connectivity index (χ2v) is 5.22.